The third-order valence-electron chi connectivity index (χ3n) is 12.4. The van der Waals surface area contributed by atoms with Crippen molar-refractivity contribution in [1.29, 1.82) is 0 Å². The first-order chi connectivity index (χ1) is 29.7. The summed E-state index contributed by atoms with van der Waals surface area (Å²) < 4.78 is 14.0. The molecule has 1 spiro atoms. The van der Waals surface area contributed by atoms with Gasteiger partial charge >= 0.3 is 0 Å². The van der Waals surface area contributed by atoms with Crippen molar-refractivity contribution < 1.29 is 9.15 Å². The lowest BCUT2D eigenvalue weighted by molar-refractivity contribution is 0.389. The summed E-state index contributed by atoms with van der Waals surface area (Å²) >= 11 is 0. The van der Waals surface area contributed by atoms with Gasteiger partial charge in [-0.15, -0.1) is 0 Å². The highest BCUT2D eigenvalue weighted by Gasteiger charge is 2.54. The molecule has 0 saturated heterocycles. The van der Waals surface area contributed by atoms with Crippen molar-refractivity contribution in [1.82, 2.24) is 0 Å². The Morgan fingerprint density at radius 2 is 0.767 bits per heavy atom. The van der Waals surface area contributed by atoms with E-state index >= 15 is 0 Å². The maximum absolute atomic E-state index is 7.07. The largest absolute Gasteiger partial charge is 0.455 e. The van der Waals surface area contributed by atoms with Gasteiger partial charge in [0.15, 0.2) is 11.5 Å². The predicted molar refractivity (Wildman–Crippen MR) is 245 cm³/mol. The monoisotopic (exact) mass is 767 g/mol. The van der Waals surface area contributed by atoms with Crippen molar-refractivity contribution in [3.05, 3.63) is 247 Å². The van der Waals surface area contributed by atoms with Crippen LogP contribution in [0.15, 0.2) is 229 Å². The van der Waals surface area contributed by atoms with Gasteiger partial charge in [0.1, 0.15) is 16.7 Å². The van der Waals surface area contributed by atoms with Gasteiger partial charge in [0.25, 0.3) is 0 Å². The quantitative estimate of drug-likeness (QED) is 0.168. The molecular formula is C57H37NO2. The third kappa shape index (κ3) is 5.23. The lowest BCUT2D eigenvalue weighted by atomic mass is 9.69. The van der Waals surface area contributed by atoms with Crippen LogP contribution < -0.4 is 9.64 Å². The zero-order valence-corrected chi connectivity index (χ0v) is 32.6. The molecule has 3 heteroatoms. The molecule has 0 unspecified atom stereocenters. The number of anilines is 3. The molecular weight excluding hydrogens is 731 g/mol. The van der Waals surface area contributed by atoms with E-state index < -0.39 is 5.41 Å². The molecule has 60 heavy (non-hydrogen) atoms. The first kappa shape index (κ1) is 34.2. The van der Waals surface area contributed by atoms with Crippen molar-refractivity contribution in [2.24, 2.45) is 0 Å². The molecule has 9 aromatic carbocycles. The summed E-state index contributed by atoms with van der Waals surface area (Å²) in [6.45, 7) is 0. The van der Waals surface area contributed by atoms with Crippen LogP contribution in [0.2, 0.25) is 0 Å². The molecule has 282 valence electrons. The van der Waals surface area contributed by atoms with Crippen LogP contribution in [0.25, 0.3) is 55.5 Å². The summed E-state index contributed by atoms with van der Waals surface area (Å²) in [4.78, 5) is 2.32. The van der Waals surface area contributed by atoms with E-state index in [1.807, 2.05) is 0 Å². The molecule has 1 aromatic heterocycles. The van der Waals surface area contributed by atoms with E-state index in [2.05, 4.69) is 229 Å². The Labute approximate surface area is 349 Å². The lowest BCUT2D eigenvalue weighted by Crippen LogP contribution is -2.31. The van der Waals surface area contributed by atoms with Crippen molar-refractivity contribution in [2.75, 3.05) is 4.90 Å². The second-order valence-corrected chi connectivity index (χ2v) is 15.6. The van der Waals surface area contributed by atoms with Gasteiger partial charge in [-0.05, 0) is 104 Å². The smallest absolute Gasteiger partial charge is 0.178 e. The topological polar surface area (TPSA) is 25.6 Å². The average Bonchev–Trinajstić information content (AvgIpc) is 3.84. The van der Waals surface area contributed by atoms with Gasteiger partial charge in [-0.25, -0.2) is 0 Å². The highest BCUT2D eigenvalue weighted by molar-refractivity contribution is 5.96. The second-order valence-electron chi connectivity index (χ2n) is 15.6. The fourth-order valence-electron chi connectivity index (χ4n) is 9.59. The summed E-state index contributed by atoms with van der Waals surface area (Å²) in [6, 6.07) is 80.0. The predicted octanol–water partition coefficient (Wildman–Crippen LogP) is 15.4. The Bertz CT molecular complexity index is 3160. The van der Waals surface area contributed by atoms with E-state index in [1.165, 1.54) is 50.1 Å². The van der Waals surface area contributed by atoms with Crippen molar-refractivity contribution in [3.63, 3.8) is 0 Å². The van der Waals surface area contributed by atoms with Crippen LogP contribution in [0.4, 0.5) is 17.1 Å². The minimum absolute atomic E-state index is 0.668. The number of hydrogen-bond donors (Lipinski definition) is 0. The average molecular weight is 768 g/mol. The number of fused-ring (bicyclic) bond motifs is 11. The highest BCUT2D eigenvalue weighted by Crippen LogP contribution is 2.63. The minimum atomic E-state index is -0.668. The van der Waals surface area contributed by atoms with Gasteiger partial charge in [0.05, 0.1) is 5.39 Å². The number of furan rings is 1. The highest BCUT2D eigenvalue weighted by atomic mass is 16.5. The first-order valence-corrected chi connectivity index (χ1v) is 20.5. The van der Waals surface area contributed by atoms with Gasteiger partial charge in [-0.3, -0.25) is 0 Å². The summed E-state index contributed by atoms with van der Waals surface area (Å²) in [5, 5.41) is 0.930. The number of para-hydroxylation sites is 1. The van der Waals surface area contributed by atoms with Crippen molar-refractivity contribution in [2.45, 2.75) is 5.41 Å². The third-order valence-corrected chi connectivity index (χ3v) is 12.4. The number of hydrogen-bond acceptors (Lipinski definition) is 3. The Morgan fingerprint density at radius 3 is 1.30 bits per heavy atom. The first-order valence-electron chi connectivity index (χ1n) is 20.5. The molecule has 0 saturated carbocycles. The van der Waals surface area contributed by atoms with Crippen molar-refractivity contribution >= 4 is 28.0 Å². The molecule has 2 aliphatic rings. The number of rotatable bonds is 6. The number of nitrogens with zero attached hydrogens (tertiary/aromatic N) is 1. The van der Waals surface area contributed by atoms with E-state index in [-0.39, 0.29) is 0 Å². The maximum Gasteiger partial charge on any atom is 0.178 e. The molecule has 0 bridgehead atoms. The molecule has 1 aliphatic carbocycles. The van der Waals surface area contributed by atoms with E-state index in [0.29, 0.717) is 0 Å². The molecule has 2 heterocycles. The van der Waals surface area contributed by atoms with Gasteiger partial charge < -0.3 is 14.1 Å². The zero-order valence-electron chi connectivity index (χ0n) is 32.6. The fourth-order valence-corrected chi connectivity index (χ4v) is 9.59. The lowest BCUT2D eigenvalue weighted by Gasteiger charge is -2.36. The van der Waals surface area contributed by atoms with Crippen LogP contribution >= 0.6 is 0 Å². The second kappa shape index (κ2) is 13.6. The minimum Gasteiger partial charge on any atom is -0.455 e. The van der Waals surface area contributed by atoms with E-state index in [0.717, 1.165) is 56.4 Å². The van der Waals surface area contributed by atoms with E-state index in [1.54, 1.807) is 0 Å². The maximum atomic E-state index is 7.07. The van der Waals surface area contributed by atoms with Crippen LogP contribution in [-0.4, -0.2) is 0 Å². The Kier molecular flexibility index (Phi) is 7.76. The summed E-state index contributed by atoms with van der Waals surface area (Å²) in [5.74, 6) is 2.41. The summed E-state index contributed by atoms with van der Waals surface area (Å²) in [5.41, 5.74) is 16.3. The van der Waals surface area contributed by atoms with Crippen LogP contribution in [0, 0.1) is 0 Å². The fraction of sp³-hybridized carbons (Fsp3) is 0.0175. The molecule has 0 N–H and O–H groups in total. The van der Waals surface area contributed by atoms with E-state index in [9.17, 15) is 0 Å². The van der Waals surface area contributed by atoms with Gasteiger partial charge in [0, 0.05) is 22.6 Å². The Hall–Kier alpha value is -7.88. The van der Waals surface area contributed by atoms with Gasteiger partial charge in [-0.1, -0.05) is 176 Å². The normalized spacial score (nSPS) is 12.9. The summed E-state index contributed by atoms with van der Waals surface area (Å²) in [6.07, 6.45) is 0. The van der Waals surface area contributed by atoms with Crippen LogP contribution in [-0.2, 0) is 5.41 Å². The Balaban J connectivity index is 1.00. The molecule has 3 nitrogen and oxygen atoms in total. The molecule has 0 amide bonds. The molecule has 0 atom stereocenters. The SMILES string of the molecule is c1ccc(-c2ccc(-c3ccc(N(c4ccc(-c5ccccc5)cc4)c4ccc5oc6c(c5c4)Oc4ccccc4C64c5ccccc5-c5ccccc54)cc3)cc2)cc1. The molecule has 10 aromatic rings. The van der Waals surface area contributed by atoms with Crippen LogP contribution in [0.3, 0.4) is 0 Å². The van der Waals surface area contributed by atoms with Gasteiger partial charge in [0.2, 0.25) is 0 Å². The molecule has 12 rings (SSSR count). The molecule has 0 radical (unpaired) electrons. The van der Waals surface area contributed by atoms with Gasteiger partial charge in [-0.2, -0.15) is 0 Å². The molecule has 1 aliphatic heterocycles. The zero-order chi connectivity index (χ0) is 39.6. The summed E-state index contributed by atoms with van der Waals surface area (Å²) in [7, 11) is 0. The van der Waals surface area contributed by atoms with Crippen molar-refractivity contribution in [3.8, 4) is 56.0 Å². The Morgan fingerprint density at radius 1 is 0.350 bits per heavy atom. The van der Waals surface area contributed by atoms with Crippen LogP contribution in [0.5, 0.6) is 11.5 Å². The number of ether oxygens (including phenoxy) is 1. The standard InChI is InChI=1S/C57H37NO2/c1-3-13-38(14-4-1)40-23-25-41(26-24-40)43-29-33-45(34-30-43)58(44-31-27-42(28-32-44)39-15-5-2-6-16-39)46-35-36-53-49(37-46)55-56(60-53)57(52-21-11-12-22-54(52)59-55)50-19-9-7-17-47(50)48-18-8-10-20-51(48)57/h1-37H. The van der Waals surface area contributed by atoms with Crippen LogP contribution in [0.1, 0.15) is 22.5 Å². The van der Waals surface area contributed by atoms with E-state index in [4.69, 9.17) is 9.15 Å². The molecule has 0 fully saturated rings. The number of benzene rings is 9.